The molecule has 0 radical (unpaired) electrons. The second-order valence-electron chi connectivity index (χ2n) is 6.55. The van der Waals surface area contributed by atoms with Crippen molar-refractivity contribution in [3.05, 3.63) is 63.6 Å². The van der Waals surface area contributed by atoms with Crippen LogP contribution in [0.3, 0.4) is 0 Å². The molecule has 4 nitrogen and oxygen atoms in total. The summed E-state index contributed by atoms with van der Waals surface area (Å²) in [5.74, 6) is 0.295. The van der Waals surface area contributed by atoms with E-state index in [0.717, 1.165) is 17.5 Å². The Morgan fingerprint density at radius 1 is 1.22 bits per heavy atom. The maximum absolute atomic E-state index is 13.2. The molecule has 7 heteroatoms. The van der Waals surface area contributed by atoms with Gasteiger partial charge in [0.05, 0.1) is 21.1 Å². The fourth-order valence-electron chi connectivity index (χ4n) is 2.83. The van der Waals surface area contributed by atoms with Crippen LogP contribution in [0.4, 0.5) is 4.39 Å². The highest BCUT2D eigenvalue weighted by Gasteiger charge is 2.17. The molecule has 142 valence electrons. The van der Waals surface area contributed by atoms with Crippen molar-refractivity contribution in [3.8, 4) is 0 Å². The molecule has 1 N–H and O–H groups in total. The molecule has 2 aromatic carbocycles. The highest BCUT2D eigenvalue weighted by molar-refractivity contribution is 6.42. The number of imidazole rings is 1. The molecule has 0 fully saturated rings. The summed E-state index contributed by atoms with van der Waals surface area (Å²) in [5, 5.41) is 3.77. The number of fused-ring (bicyclic) bond motifs is 1. The Balaban J connectivity index is 2.00. The summed E-state index contributed by atoms with van der Waals surface area (Å²) in [5.41, 5.74) is 2.30. The second kappa shape index (κ2) is 8.28. The van der Waals surface area contributed by atoms with Crippen LogP contribution in [-0.4, -0.2) is 21.5 Å². The maximum Gasteiger partial charge on any atom is 0.240 e. The molecular weight excluding hydrogens is 388 g/mol. The molecule has 1 amide bonds. The van der Waals surface area contributed by atoms with Crippen molar-refractivity contribution < 1.29 is 9.18 Å². The normalized spacial score (nSPS) is 12.3. The van der Waals surface area contributed by atoms with Crippen LogP contribution in [0.25, 0.3) is 11.0 Å². The van der Waals surface area contributed by atoms with Gasteiger partial charge in [-0.3, -0.25) is 4.79 Å². The first-order valence-corrected chi connectivity index (χ1v) is 9.51. The highest BCUT2D eigenvalue weighted by atomic mass is 35.5. The van der Waals surface area contributed by atoms with E-state index in [2.05, 4.69) is 10.3 Å². The van der Waals surface area contributed by atoms with E-state index >= 15 is 0 Å². The Morgan fingerprint density at radius 2 is 1.89 bits per heavy atom. The Kier molecular flexibility index (Phi) is 6.02. The summed E-state index contributed by atoms with van der Waals surface area (Å²) in [4.78, 5) is 17.1. The van der Waals surface area contributed by atoms with Crippen LogP contribution in [0.2, 0.25) is 10.0 Å². The van der Waals surface area contributed by atoms with Gasteiger partial charge in [-0.15, -0.1) is 0 Å². The zero-order chi connectivity index (χ0) is 19.6. The molecule has 27 heavy (non-hydrogen) atoms. The Morgan fingerprint density at radius 3 is 2.56 bits per heavy atom. The summed E-state index contributed by atoms with van der Waals surface area (Å²) in [7, 11) is 0. The van der Waals surface area contributed by atoms with E-state index in [9.17, 15) is 9.18 Å². The summed E-state index contributed by atoms with van der Waals surface area (Å²) in [6, 6.07) is 9.73. The standard InChI is InChI=1S/C20H20Cl2FN3O/c1-3-12(2)24-20(27)11-26-18-10-16(22)15(21)9-17(18)25-19(26)8-13-4-6-14(23)7-5-13/h4-7,9-10,12H,3,8,11H2,1-2H3,(H,24,27)/t12-/m0/s1. The fourth-order valence-corrected chi connectivity index (χ4v) is 3.15. The van der Waals surface area contributed by atoms with Gasteiger partial charge < -0.3 is 9.88 Å². The predicted molar refractivity (Wildman–Crippen MR) is 107 cm³/mol. The average molecular weight is 408 g/mol. The minimum atomic E-state index is -0.293. The third-order valence-corrected chi connectivity index (χ3v) is 5.19. The molecule has 0 saturated carbocycles. The predicted octanol–water partition coefficient (Wildman–Crippen LogP) is 4.99. The summed E-state index contributed by atoms with van der Waals surface area (Å²) in [6.45, 7) is 4.09. The van der Waals surface area contributed by atoms with Crippen LogP contribution in [0, 0.1) is 5.82 Å². The van der Waals surface area contributed by atoms with Gasteiger partial charge in [0.2, 0.25) is 5.91 Å². The zero-order valence-corrected chi connectivity index (χ0v) is 16.6. The molecule has 3 aromatic rings. The lowest BCUT2D eigenvalue weighted by Crippen LogP contribution is -2.34. The van der Waals surface area contributed by atoms with E-state index in [4.69, 9.17) is 23.2 Å². The number of nitrogens with zero attached hydrogens (tertiary/aromatic N) is 2. The first-order valence-electron chi connectivity index (χ1n) is 8.75. The molecule has 0 aliphatic carbocycles. The average Bonchev–Trinajstić information content (AvgIpc) is 2.93. The van der Waals surface area contributed by atoms with Gasteiger partial charge in [0.15, 0.2) is 0 Å². The SMILES string of the molecule is CC[C@H](C)NC(=O)Cn1c(Cc2ccc(F)cc2)nc2cc(Cl)c(Cl)cc21. The minimum Gasteiger partial charge on any atom is -0.352 e. The number of carbonyl (C=O) groups is 1. The number of hydrogen-bond donors (Lipinski definition) is 1. The molecule has 1 aromatic heterocycles. The molecule has 0 aliphatic heterocycles. The van der Waals surface area contributed by atoms with Crippen LogP contribution in [0.5, 0.6) is 0 Å². The first-order chi connectivity index (χ1) is 12.9. The molecule has 1 heterocycles. The van der Waals surface area contributed by atoms with Crippen molar-refractivity contribution in [3.63, 3.8) is 0 Å². The Hall–Kier alpha value is -2.11. The molecule has 0 bridgehead atoms. The van der Waals surface area contributed by atoms with E-state index < -0.39 is 0 Å². The van der Waals surface area contributed by atoms with E-state index in [1.807, 2.05) is 18.4 Å². The Bertz CT molecular complexity index is 970. The number of hydrogen-bond acceptors (Lipinski definition) is 2. The smallest absolute Gasteiger partial charge is 0.240 e. The van der Waals surface area contributed by atoms with E-state index in [0.29, 0.717) is 27.8 Å². The molecule has 0 saturated heterocycles. The zero-order valence-electron chi connectivity index (χ0n) is 15.1. The van der Waals surface area contributed by atoms with Gasteiger partial charge in [0.1, 0.15) is 18.2 Å². The molecule has 3 rings (SSSR count). The van der Waals surface area contributed by atoms with Gasteiger partial charge >= 0.3 is 0 Å². The summed E-state index contributed by atoms with van der Waals surface area (Å²) in [6.07, 6.45) is 1.31. The number of carbonyl (C=O) groups excluding carboxylic acids is 1. The molecule has 0 aliphatic rings. The van der Waals surface area contributed by atoms with Crippen LogP contribution in [-0.2, 0) is 17.8 Å². The summed E-state index contributed by atoms with van der Waals surface area (Å²) < 4.78 is 15.0. The van der Waals surface area contributed by atoms with Gasteiger partial charge in [-0.1, -0.05) is 42.3 Å². The number of amides is 1. The van der Waals surface area contributed by atoms with Crippen LogP contribution in [0.1, 0.15) is 31.7 Å². The van der Waals surface area contributed by atoms with Gasteiger partial charge in [0.25, 0.3) is 0 Å². The third kappa shape index (κ3) is 4.60. The van der Waals surface area contributed by atoms with Crippen molar-refractivity contribution in [2.24, 2.45) is 0 Å². The first kappa shape index (κ1) is 19.6. The van der Waals surface area contributed by atoms with Crippen LogP contribution < -0.4 is 5.32 Å². The number of aromatic nitrogens is 2. The van der Waals surface area contributed by atoms with E-state index in [1.54, 1.807) is 24.3 Å². The molecule has 0 unspecified atom stereocenters. The largest absolute Gasteiger partial charge is 0.352 e. The van der Waals surface area contributed by atoms with Gasteiger partial charge in [-0.25, -0.2) is 9.37 Å². The topological polar surface area (TPSA) is 46.9 Å². The van der Waals surface area contributed by atoms with Gasteiger partial charge in [-0.2, -0.15) is 0 Å². The Labute approximate surface area is 167 Å². The number of nitrogens with one attached hydrogen (secondary N) is 1. The second-order valence-corrected chi connectivity index (χ2v) is 7.36. The number of halogens is 3. The third-order valence-electron chi connectivity index (χ3n) is 4.47. The lowest BCUT2D eigenvalue weighted by atomic mass is 10.1. The number of benzene rings is 2. The molecular formula is C20H20Cl2FN3O. The van der Waals surface area contributed by atoms with Crippen molar-refractivity contribution >= 4 is 40.1 Å². The van der Waals surface area contributed by atoms with Crippen molar-refractivity contribution in [1.82, 2.24) is 14.9 Å². The quantitative estimate of drug-likeness (QED) is 0.625. The maximum atomic E-state index is 13.2. The van der Waals surface area contributed by atoms with Crippen molar-refractivity contribution in [1.29, 1.82) is 0 Å². The van der Waals surface area contributed by atoms with Gasteiger partial charge in [-0.05, 0) is 43.2 Å². The van der Waals surface area contributed by atoms with E-state index in [-0.39, 0.29) is 24.3 Å². The van der Waals surface area contributed by atoms with Gasteiger partial charge in [0, 0.05) is 12.5 Å². The monoisotopic (exact) mass is 407 g/mol. The van der Waals surface area contributed by atoms with Crippen LogP contribution in [0.15, 0.2) is 36.4 Å². The summed E-state index contributed by atoms with van der Waals surface area (Å²) >= 11 is 12.3. The van der Waals surface area contributed by atoms with E-state index in [1.165, 1.54) is 12.1 Å². The molecule has 1 atom stereocenters. The molecule has 0 spiro atoms. The lowest BCUT2D eigenvalue weighted by molar-refractivity contribution is -0.122. The fraction of sp³-hybridized carbons (Fsp3) is 0.300. The highest BCUT2D eigenvalue weighted by Crippen LogP contribution is 2.29. The van der Waals surface area contributed by atoms with Crippen molar-refractivity contribution in [2.45, 2.75) is 39.3 Å². The number of rotatable bonds is 6. The van der Waals surface area contributed by atoms with Crippen LogP contribution >= 0.6 is 23.2 Å². The van der Waals surface area contributed by atoms with Crippen molar-refractivity contribution in [2.75, 3.05) is 0 Å². The lowest BCUT2D eigenvalue weighted by Gasteiger charge is -2.14. The minimum absolute atomic E-state index is 0.0888.